The fraction of sp³-hybridized carbons (Fsp3) is 0.684. The third-order valence-electron chi connectivity index (χ3n) is 4.38. The van der Waals surface area contributed by atoms with Gasteiger partial charge in [-0.2, -0.15) is 13.2 Å². The number of nitrogens with zero attached hydrogens (tertiary/aromatic N) is 2. The Morgan fingerprint density at radius 2 is 2.03 bits per heavy atom. The van der Waals surface area contributed by atoms with Crippen LogP contribution in [-0.4, -0.2) is 53.7 Å². The van der Waals surface area contributed by atoms with Gasteiger partial charge < -0.3 is 10.2 Å². The van der Waals surface area contributed by atoms with E-state index < -0.39 is 6.18 Å². The predicted molar refractivity (Wildman–Crippen MR) is 114 cm³/mol. The molecule has 0 spiro atoms. The first-order valence-corrected chi connectivity index (χ1v) is 11.4. The van der Waals surface area contributed by atoms with Gasteiger partial charge >= 0.3 is 6.18 Å². The number of hydrogen-bond donors (Lipinski definition) is 2. The zero-order chi connectivity index (χ0) is 21.9. The molecule has 10 heteroatoms. The Morgan fingerprint density at radius 1 is 1.41 bits per heavy atom. The van der Waals surface area contributed by atoms with Crippen LogP contribution in [0.15, 0.2) is 12.1 Å². The van der Waals surface area contributed by atoms with Crippen molar-refractivity contribution >= 4 is 35.3 Å². The maximum Gasteiger partial charge on any atom is 0.386 e. The molecule has 0 saturated carbocycles. The highest BCUT2D eigenvalue weighted by molar-refractivity contribution is 7.96. The molecule has 0 aromatic carbocycles. The number of alkyl halides is 4. The molecule has 3 heterocycles. The number of aromatic nitrogens is 1. The Bertz CT molecular complexity index is 622. The molecule has 0 bridgehead atoms. The number of nitrogens with one attached hydrogen (secondary N) is 1. The first-order chi connectivity index (χ1) is 13.7. The highest BCUT2D eigenvalue weighted by Crippen LogP contribution is 2.24. The predicted octanol–water partition coefficient (Wildman–Crippen LogP) is 4.25. The smallest absolute Gasteiger partial charge is 0.370 e. The van der Waals surface area contributed by atoms with Crippen molar-refractivity contribution in [3.05, 3.63) is 23.4 Å². The minimum atomic E-state index is -4.00. The van der Waals surface area contributed by atoms with Crippen LogP contribution in [0.25, 0.3) is 0 Å². The van der Waals surface area contributed by atoms with E-state index in [1.54, 1.807) is 0 Å². The van der Waals surface area contributed by atoms with Crippen molar-refractivity contribution in [2.24, 2.45) is 11.1 Å². The zero-order valence-electron chi connectivity index (χ0n) is 16.9. The lowest BCUT2D eigenvalue weighted by Gasteiger charge is -2.39. The molecule has 29 heavy (non-hydrogen) atoms. The van der Waals surface area contributed by atoms with E-state index in [0.29, 0.717) is 18.2 Å². The number of nitrogens with two attached hydrogens (primary N) is 1. The topological polar surface area (TPSA) is 71.2 Å². The molecule has 0 unspecified atom stereocenters. The van der Waals surface area contributed by atoms with Gasteiger partial charge in [-0.1, -0.05) is 18.0 Å². The van der Waals surface area contributed by atoms with Crippen LogP contribution >= 0.6 is 23.5 Å². The largest absolute Gasteiger partial charge is 0.386 e. The third-order valence-corrected chi connectivity index (χ3v) is 4.57. The molecule has 1 fully saturated rings. The van der Waals surface area contributed by atoms with Crippen molar-refractivity contribution in [3.8, 4) is 0 Å². The van der Waals surface area contributed by atoms with Gasteiger partial charge in [-0.25, -0.2) is 4.98 Å². The van der Waals surface area contributed by atoms with Gasteiger partial charge in [-0.3, -0.25) is 9.93 Å². The Morgan fingerprint density at radius 3 is 2.62 bits per heavy atom. The van der Waals surface area contributed by atoms with E-state index >= 15 is 0 Å². The summed E-state index contributed by atoms with van der Waals surface area (Å²) < 4.78 is 31.1. The molecule has 1 amide bonds. The van der Waals surface area contributed by atoms with Crippen LogP contribution in [0.3, 0.4) is 0 Å². The molecular weight excluding hydrogens is 425 g/mol. The van der Waals surface area contributed by atoms with Crippen molar-refractivity contribution in [2.75, 3.05) is 37.1 Å². The van der Waals surface area contributed by atoms with Crippen LogP contribution in [0.5, 0.6) is 0 Å². The van der Waals surface area contributed by atoms with Crippen molar-refractivity contribution in [1.82, 2.24) is 9.88 Å². The zero-order valence-corrected chi connectivity index (χ0v) is 18.5. The number of pyridine rings is 1. The van der Waals surface area contributed by atoms with Crippen LogP contribution < -0.4 is 10.5 Å². The summed E-state index contributed by atoms with van der Waals surface area (Å²) in [5.74, 6) is 2.31. The number of carbonyl (C=O) groups is 1. The molecule has 5 nitrogen and oxygen atoms in total. The molecule has 166 valence electrons. The lowest BCUT2D eigenvalue weighted by atomic mass is 9.93. The summed E-state index contributed by atoms with van der Waals surface area (Å²) in [6.07, 6.45) is 2.72. The van der Waals surface area contributed by atoms with E-state index in [9.17, 15) is 18.0 Å². The van der Waals surface area contributed by atoms with Gasteiger partial charge in [0.05, 0.1) is 0 Å². The molecule has 3 N–H and O–H groups in total. The van der Waals surface area contributed by atoms with Gasteiger partial charge in [-0.05, 0) is 49.5 Å². The lowest BCUT2D eigenvalue weighted by Crippen LogP contribution is -2.50. The van der Waals surface area contributed by atoms with Gasteiger partial charge in [-0.15, -0.1) is 11.6 Å². The molecule has 0 atom stereocenters. The van der Waals surface area contributed by atoms with Crippen LogP contribution in [0.1, 0.15) is 37.4 Å². The number of anilines is 1. The number of carbonyl (C=O) groups excluding carboxylic acids is 1. The molecule has 3 rings (SSSR count). The molecule has 2 aliphatic rings. The first-order valence-electron chi connectivity index (χ1n) is 9.54. The SMILES string of the molecule is CC(F)(F)F.CSN.O=C(CCCl)N1CC(CCc2ccc3c(n2)NCCC3)C1. The fourth-order valence-corrected chi connectivity index (χ4v) is 3.22. The molecule has 1 saturated heterocycles. The molecular formula is C19H30ClF3N4OS. The fourth-order valence-electron chi connectivity index (χ4n) is 3.06. The summed E-state index contributed by atoms with van der Waals surface area (Å²) in [5.41, 5.74) is 2.50. The van der Waals surface area contributed by atoms with Crippen molar-refractivity contribution < 1.29 is 18.0 Å². The molecule has 0 radical (unpaired) electrons. The molecule has 1 aromatic heterocycles. The minimum absolute atomic E-state index is 0.188. The van der Waals surface area contributed by atoms with E-state index in [0.717, 1.165) is 50.4 Å². The van der Waals surface area contributed by atoms with E-state index in [1.165, 1.54) is 23.9 Å². The number of amides is 1. The van der Waals surface area contributed by atoms with Crippen molar-refractivity contribution in [3.63, 3.8) is 0 Å². The normalized spacial score (nSPS) is 15.6. The van der Waals surface area contributed by atoms with E-state index in [2.05, 4.69) is 17.4 Å². The summed E-state index contributed by atoms with van der Waals surface area (Å²) in [5, 5.41) is 8.14. The van der Waals surface area contributed by atoms with Crippen LogP contribution in [0, 0.1) is 5.92 Å². The Labute approximate surface area is 180 Å². The van der Waals surface area contributed by atoms with Gasteiger partial charge in [0, 0.05) is 44.6 Å². The number of likely N-dealkylation sites (tertiary alicyclic amines) is 1. The van der Waals surface area contributed by atoms with Crippen molar-refractivity contribution in [1.29, 1.82) is 0 Å². The second kappa shape index (κ2) is 13.2. The van der Waals surface area contributed by atoms with E-state index in [-0.39, 0.29) is 12.8 Å². The quantitative estimate of drug-likeness (QED) is 0.514. The average Bonchev–Trinajstić information content (AvgIpc) is 2.60. The van der Waals surface area contributed by atoms with Gasteiger partial charge in [0.2, 0.25) is 5.91 Å². The number of fused-ring (bicyclic) bond motifs is 1. The van der Waals surface area contributed by atoms with Gasteiger partial charge in [0.1, 0.15) is 5.82 Å². The first kappa shape index (κ1) is 25.8. The monoisotopic (exact) mass is 454 g/mol. The standard InChI is InChI=1S/C16H22ClN3O.C2H3F3.CH5NS/c17-8-7-15(21)20-10-12(11-20)3-5-14-6-4-13-2-1-9-18-16(13)19-14;1-2(3,4)5;1-3-2/h4,6,12H,1-3,5,7-11H2,(H,18,19);1H3;2H2,1H3. The maximum atomic E-state index is 11.6. The average molecular weight is 455 g/mol. The number of aryl methyl sites for hydroxylation is 2. The second-order valence-corrected chi connectivity index (χ2v) is 7.85. The third kappa shape index (κ3) is 11.0. The van der Waals surface area contributed by atoms with Gasteiger partial charge in [0.25, 0.3) is 0 Å². The Balaban J connectivity index is 0.000000452. The van der Waals surface area contributed by atoms with Gasteiger partial charge in [0.15, 0.2) is 0 Å². The summed E-state index contributed by atoms with van der Waals surface area (Å²) in [7, 11) is 0. The van der Waals surface area contributed by atoms with Crippen LogP contribution in [-0.2, 0) is 17.6 Å². The molecule has 0 aliphatic carbocycles. The Kier molecular flexibility index (Phi) is 11.7. The summed E-state index contributed by atoms with van der Waals surface area (Å²) in [6.45, 7) is 2.99. The number of halogens is 4. The Hall–Kier alpha value is -1.19. The van der Waals surface area contributed by atoms with Crippen molar-refractivity contribution in [2.45, 2.75) is 45.2 Å². The van der Waals surface area contributed by atoms with E-state index in [1.807, 2.05) is 11.2 Å². The molecule has 1 aromatic rings. The maximum absolute atomic E-state index is 11.6. The molecule has 2 aliphatic heterocycles. The minimum Gasteiger partial charge on any atom is -0.370 e. The summed E-state index contributed by atoms with van der Waals surface area (Å²) >= 11 is 6.85. The van der Waals surface area contributed by atoms with Crippen LogP contribution in [0.4, 0.5) is 19.0 Å². The summed E-state index contributed by atoms with van der Waals surface area (Å²) in [6, 6.07) is 4.36. The summed E-state index contributed by atoms with van der Waals surface area (Å²) in [4.78, 5) is 18.3. The highest BCUT2D eigenvalue weighted by atomic mass is 35.5. The van der Waals surface area contributed by atoms with Crippen LogP contribution in [0.2, 0.25) is 0 Å². The second-order valence-electron chi connectivity index (χ2n) is 7.00. The number of rotatable bonds is 5. The lowest BCUT2D eigenvalue weighted by molar-refractivity contribution is -0.137. The highest BCUT2D eigenvalue weighted by Gasteiger charge is 2.29. The van der Waals surface area contributed by atoms with E-state index in [4.69, 9.17) is 21.7 Å². The number of hydrogen-bond acceptors (Lipinski definition) is 5.